The molecule has 0 amide bonds. The van der Waals surface area contributed by atoms with Gasteiger partial charge < -0.3 is 10.1 Å². The number of hydrogen-bond acceptors (Lipinski definition) is 3. The highest BCUT2D eigenvalue weighted by atomic mass is 16.5. The van der Waals surface area contributed by atoms with E-state index >= 15 is 0 Å². The van der Waals surface area contributed by atoms with Gasteiger partial charge in [0.05, 0.1) is 12.7 Å². The molecule has 1 aliphatic carbocycles. The first-order chi connectivity index (χ1) is 9.20. The van der Waals surface area contributed by atoms with Crippen molar-refractivity contribution in [2.45, 2.75) is 45.2 Å². The molecule has 3 heteroatoms. The Morgan fingerprint density at radius 3 is 2.53 bits per heavy atom. The second kappa shape index (κ2) is 6.71. The van der Waals surface area contributed by atoms with E-state index in [-0.39, 0.29) is 5.97 Å². The summed E-state index contributed by atoms with van der Waals surface area (Å²) in [7, 11) is 1.40. The molecule has 0 radical (unpaired) electrons. The molecule has 19 heavy (non-hydrogen) atoms. The van der Waals surface area contributed by atoms with Gasteiger partial charge in [-0.25, -0.2) is 4.79 Å². The van der Waals surface area contributed by atoms with E-state index in [1.54, 1.807) is 0 Å². The molecular weight excluding hydrogens is 238 g/mol. The van der Waals surface area contributed by atoms with Crippen molar-refractivity contribution in [3.05, 3.63) is 35.4 Å². The second-order valence-corrected chi connectivity index (χ2v) is 5.40. The number of benzene rings is 1. The summed E-state index contributed by atoms with van der Waals surface area (Å²) in [5, 5.41) is 3.59. The van der Waals surface area contributed by atoms with Crippen LogP contribution in [0, 0.1) is 5.92 Å². The summed E-state index contributed by atoms with van der Waals surface area (Å²) in [4.78, 5) is 11.3. The van der Waals surface area contributed by atoms with Crippen molar-refractivity contribution in [3.63, 3.8) is 0 Å². The van der Waals surface area contributed by atoms with Gasteiger partial charge >= 0.3 is 5.97 Å². The fraction of sp³-hybridized carbons (Fsp3) is 0.562. The third kappa shape index (κ3) is 3.80. The molecule has 2 rings (SSSR count). The van der Waals surface area contributed by atoms with Crippen molar-refractivity contribution in [2.75, 3.05) is 7.11 Å². The number of ether oxygens (including phenoxy) is 1. The molecule has 1 aromatic carbocycles. The van der Waals surface area contributed by atoms with Crippen LogP contribution in [0.15, 0.2) is 24.3 Å². The fourth-order valence-corrected chi connectivity index (χ4v) is 2.78. The molecule has 0 aliphatic heterocycles. The van der Waals surface area contributed by atoms with E-state index in [1.807, 2.05) is 24.3 Å². The summed E-state index contributed by atoms with van der Waals surface area (Å²) in [6.07, 6.45) is 5.47. The van der Waals surface area contributed by atoms with Gasteiger partial charge in [0.25, 0.3) is 0 Å². The van der Waals surface area contributed by atoms with Crippen LogP contribution in [0.2, 0.25) is 0 Å². The summed E-state index contributed by atoms with van der Waals surface area (Å²) < 4.78 is 4.69. The minimum absolute atomic E-state index is 0.279. The maximum atomic E-state index is 11.3. The van der Waals surface area contributed by atoms with Gasteiger partial charge in [0, 0.05) is 12.6 Å². The van der Waals surface area contributed by atoms with Crippen molar-refractivity contribution in [1.82, 2.24) is 5.32 Å². The highest BCUT2D eigenvalue weighted by Crippen LogP contribution is 2.27. The Balaban J connectivity index is 1.84. The number of rotatable bonds is 5. The van der Waals surface area contributed by atoms with Gasteiger partial charge in [-0.2, -0.15) is 0 Å². The SMILES string of the molecule is COC(=O)c1ccc(CN[C@H](C)C2CCCC2)cc1. The molecule has 1 saturated carbocycles. The maximum absolute atomic E-state index is 11.3. The highest BCUT2D eigenvalue weighted by molar-refractivity contribution is 5.89. The number of carbonyl (C=O) groups is 1. The van der Waals surface area contributed by atoms with Crippen LogP contribution >= 0.6 is 0 Å². The standard InChI is InChI=1S/C16H23NO2/c1-12(14-5-3-4-6-14)17-11-13-7-9-15(10-8-13)16(18)19-2/h7-10,12,14,17H,3-6,11H2,1-2H3/t12-/m1/s1. The lowest BCUT2D eigenvalue weighted by Gasteiger charge is -2.20. The minimum atomic E-state index is -0.279. The van der Waals surface area contributed by atoms with Crippen molar-refractivity contribution in [2.24, 2.45) is 5.92 Å². The molecule has 0 saturated heterocycles. The predicted molar refractivity (Wildman–Crippen MR) is 76.0 cm³/mol. The van der Waals surface area contributed by atoms with Crippen LogP contribution < -0.4 is 5.32 Å². The van der Waals surface area contributed by atoms with Crippen molar-refractivity contribution in [1.29, 1.82) is 0 Å². The molecule has 1 aliphatic rings. The number of carbonyl (C=O) groups excluding carboxylic acids is 1. The van der Waals surface area contributed by atoms with Crippen molar-refractivity contribution in [3.8, 4) is 0 Å². The zero-order valence-electron chi connectivity index (χ0n) is 11.8. The Kier molecular flexibility index (Phi) is 4.97. The average molecular weight is 261 g/mol. The zero-order valence-corrected chi connectivity index (χ0v) is 11.8. The first-order valence-corrected chi connectivity index (χ1v) is 7.11. The largest absolute Gasteiger partial charge is 0.465 e. The first kappa shape index (κ1) is 14.1. The zero-order chi connectivity index (χ0) is 13.7. The van der Waals surface area contributed by atoms with Crippen LogP contribution in [0.5, 0.6) is 0 Å². The molecule has 0 unspecified atom stereocenters. The monoisotopic (exact) mass is 261 g/mol. The molecule has 104 valence electrons. The summed E-state index contributed by atoms with van der Waals surface area (Å²) in [6.45, 7) is 3.14. The van der Waals surface area contributed by atoms with Gasteiger partial charge in [-0.15, -0.1) is 0 Å². The Hall–Kier alpha value is -1.35. The maximum Gasteiger partial charge on any atom is 0.337 e. The Morgan fingerprint density at radius 2 is 1.95 bits per heavy atom. The third-order valence-corrected chi connectivity index (χ3v) is 4.11. The van der Waals surface area contributed by atoms with Gasteiger partial charge in [0.15, 0.2) is 0 Å². The lowest BCUT2D eigenvalue weighted by molar-refractivity contribution is 0.0600. The Labute approximate surface area is 115 Å². The van der Waals surface area contributed by atoms with Crippen molar-refractivity contribution < 1.29 is 9.53 Å². The molecule has 1 aromatic rings. The van der Waals surface area contributed by atoms with Gasteiger partial charge in [0.2, 0.25) is 0 Å². The number of methoxy groups -OCH3 is 1. The smallest absolute Gasteiger partial charge is 0.337 e. The van der Waals surface area contributed by atoms with E-state index in [9.17, 15) is 4.79 Å². The lowest BCUT2D eigenvalue weighted by atomic mass is 9.99. The van der Waals surface area contributed by atoms with E-state index in [0.717, 1.165) is 12.5 Å². The van der Waals surface area contributed by atoms with E-state index in [1.165, 1.54) is 38.4 Å². The third-order valence-electron chi connectivity index (χ3n) is 4.11. The van der Waals surface area contributed by atoms with Gasteiger partial charge in [-0.05, 0) is 43.4 Å². The number of esters is 1. The van der Waals surface area contributed by atoms with Crippen LogP contribution in [-0.4, -0.2) is 19.1 Å². The molecule has 0 aromatic heterocycles. The predicted octanol–water partition coefficient (Wildman–Crippen LogP) is 3.14. The molecule has 1 atom stereocenters. The van der Waals surface area contributed by atoms with Gasteiger partial charge in [0.1, 0.15) is 0 Å². The average Bonchev–Trinajstić information content (AvgIpc) is 2.98. The van der Waals surface area contributed by atoms with E-state index in [2.05, 4.69) is 17.0 Å². The first-order valence-electron chi connectivity index (χ1n) is 7.11. The summed E-state index contributed by atoms with van der Waals surface area (Å²) in [5.41, 5.74) is 1.81. The summed E-state index contributed by atoms with van der Waals surface area (Å²) >= 11 is 0. The van der Waals surface area contributed by atoms with E-state index < -0.39 is 0 Å². The number of nitrogens with one attached hydrogen (secondary N) is 1. The molecular formula is C16H23NO2. The summed E-state index contributed by atoms with van der Waals surface area (Å²) in [6, 6.07) is 8.19. The summed E-state index contributed by atoms with van der Waals surface area (Å²) in [5.74, 6) is 0.549. The Bertz CT molecular complexity index is 407. The van der Waals surface area contributed by atoms with E-state index in [0.29, 0.717) is 11.6 Å². The van der Waals surface area contributed by atoms with E-state index in [4.69, 9.17) is 0 Å². The second-order valence-electron chi connectivity index (χ2n) is 5.40. The van der Waals surface area contributed by atoms with Crippen LogP contribution in [0.4, 0.5) is 0 Å². The molecule has 0 heterocycles. The minimum Gasteiger partial charge on any atom is -0.465 e. The Morgan fingerprint density at radius 1 is 1.32 bits per heavy atom. The van der Waals surface area contributed by atoms with Crippen molar-refractivity contribution >= 4 is 5.97 Å². The molecule has 0 bridgehead atoms. The number of hydrogen-bond donors (Lipinski definition) is 1. The highest BCUT2D eigenvalue weighted by Gasteiger charge is 2.20. The molecule has 3 nitrogen and oxygen atoms in total. The van der Waals surface area contributed by atoms with Crippen LogP contribution in [0.1, 0.15) is 48.5 Å². The normalized spacial score (nSPS) is 17.4. The van der Waals surface area contributed by atoms with Crippen LogP contribution in [-0.2, 0) is 11.3 Å². The lowest BCUT2D eigenvalue weighted by Crippen LogP contribution is -2.31. The van der Waals surface area contributed by atoms with Crippen LogP contribution in [0.25, 0.3) is 0 Å². The molecule has 0 spiro atoms. The quantitative estimate of drug-likeness (QED) is 0.827. The van der Waals surface area contributed by atoms with Crippen LogP contribution in [0.3, 0.4) is 0 Å². The fourth-order valence-electron chi connectivity index (χ4n) is 2.78. The van der Waals surface area contributed by atoms with Gasteiger partial charge in [-0.3, -0.25) is 0 Å². The van der Waals surface area contributed by atoms with Gasteiger partial charge in [-0.1, -0.05) is 25.0 Å². The topological polar surface area (TPSA) is 38.3 Å². The molecule has 1 fully saturated rings. The molecule has 1 N–H and O–H groups in total.